The second kappa shape index (κ2) is 5.93. The number of likely N-dealkylation sites (tertiary alicyclic amines) is 1. The van der Waals surface area contributed by atoms with Crippen LogP contribution in [0.15, 0.2) is 24.3 Å². The fourth-order valence-electron chi connectivity index (χ4n) is 2.78. The van der Waals surface area contributed by atoms with Crippen LogP contribution in [0.3, 0.4) is 0 Å². The summed E-state index contributed by atoms with van der Waals surface area (Å²) in [7, 11) is 0. The Labute approximate surface area is 119 Å². The standard InChI is InChI=1S/C15H20ClNO2/c1-10-8-17(9-14(10)15(18)19)11(2)7-12-3-5-13(16)6-4-12/h3-6,10-11,14H,7-9H2,1-2H3,(H,18,19)/t10-,11?,14-/m1/s1. The molecule has 104 valence electrons. The van der Waals surface area contributed by atoms with Crippen LogP contribution in [0, 0.1) is 11.8 Å². The number of halogens is 1. The summed E-state index contributed by atoms with van der Waals surface area (Å²) in [5, 5.41) is 9.91. The molecule has 1 aromatic carbocycles. The molecule has 0 aliphatic carbocycles. The Kier molecular flexibility index (Phi) is 4.48. The fourth-order valence-corrected chi connectivity index (χ4v) is 2.90. The highest BCUT2D eigenvalue weighted by molar-refractivity contribution is 6.30. The Hall–Kier alpha value is -1.06. The molecule has 3 atom stereocenters. The van der Waals surface area contributed by atoms with Crippen LogP contribution < -0.4 is 0 Å². The number of rotatable bonds is 4. The third kappa shape index (κ3) is 3.48. The average molecular weight is 282 g/mol. The maximum absolute atomic E-state index is 11.1. The van der Waals surface area contributed by atoms with E-state index in [0.29, 0.717) is 12.6 Å². The van der Waals surface area contributed by atoms with Gasteiger partial charge in [0.2, 0.25) is 0 Å². The quantitative estimate of drug-likeness (QED) is 0.922. The van der Waals surface area contributed by atoms with Gasteiger partial charge in [0.15, 0.2) is 0 Å². The number of nitrogens with zero attached hydrogens (tertiary/aromatic N) is 1. The minimum Gasteiger partial charge on any atom is -0.481 e. The van der Waals surface area contributed by atoms with E-state index in [1.807, 2.05) is 31.2 Å². The molecule has 2 rings (SSSR count). The largest absolute Gasteiger partial charge is 0.481 e. The summed E-state index contributed by atoms with van der Waals surface area (Å²) in [4.78, 5) is 13.4. The molecule has 0 amide bonds. The van der Waals surface area contributed by atoms with Crippen LogP contribution in [-0.2, 0) is 11.2 Å². The molecule has 0 radical (unpaired) electrons. The van der Waals surface area contributed by atoms with Crippen molar-refractivity contribution in [3.05, 3.63) is 34.9 Å². The lowest BCUT2D eigenvalue weighted by molar-refractivity contribution is -0.142. The summed E-state index contributed by atoms with van der Waals surface area (Å²) in [5.41, 5.74) is 1.24. The SMILES string of the molecule is CC(Cc1ccc(Cl)cc1)N1C[C@@H](C)[C@H](C(=O)O)C1. The van der Waals surface area contributed by atoms with Gasteiger partial charge in [-0.3, -0.25) is 9.69 Å². The van der Waals surface area contributed by atoms with Crippen LogP contribution in [0.1, 0.15) is 19.4 Å². The van der Waals surface area contributed by atoms with Crippen LogP contribution in [0.5, 0.6) is 0 Å². The van der Waals surface area contributed by atoms with E-state index in [1.165, 1.54) is 5.56 Å². The first-order chi connectivity index (χ1) is 8.97. The topological polar surface area (TPSA) is 40.5 Å². The lowest BCUT2D eigenvalue weighted by Crippen LogP contribution is -2.33. The highest BCUT2D eigenvalue weighted by atomic mass is 35.5. The Balaban J connectivity index is 1.96. The van der Waals surface area contributed by atoms with E-state index in [9.17, 15) is 4.79 Å². The third-order valence-electron chi connectivity index (χ3n) is 4.03. The van der Waals surface area contributed by atoms with E-state index in [4.69, 9.17) is 16.7 Å². The predicted octanol–water partition coefficient (Wildman–Crippen LogP) is 2.92. The van der Waals surface area contributed by atoms with Crippen LogP contribution in [0.2, 0.25) is 5.02 Å². The zero-order chi connectivity index (χ0) is 14.0. The van der Waals surface area contributed by atoms with Gasteiger partial charge in [-0.2, -0.15) is 0 Å². The molecule has 1 saturated heterocycles. The van der Waals surface area contributed by atoms with Crippen molar-refractivity contribution in [1.29, 1.82) is 0 Å². The summed E-state index contributed by atoms with van der Waals surface area (Å²) in [6.45, 7) is 5.70. The Morgan fingerprint density at radius 3 is 2.58 bits per heavy atom. The molecule has 0 aromatic heterocycles. The normalized spacial score (nSPS) is 25.4. The zero-order valence-corrected chi connectivity index (χ0v) is 12.1. The number of carboxylic acids is 1. The van der Waals surface area contributed by atoms with Gasteiger partial charge in [0.05, 0.1) is 5.92 Å². The van der Waals surface area contributed by atoms with Crippen molar-refractivity contribution in [3.8, 4) is 0 Å². The summed E-state index contributed by atoms with van der Waals surface area (Å²) in [5.74, 6) is -0.675. The first kappa shape index (κ1) is 14.4. The molecule has 1 aliphatic heterocycles. The molecule has 1 N–H and O–H groups in total. The van der Waals surface area contributed by atoms with Gasteiger partial charge in [0, 0.05) is 24.2 Å². The molecule has 4 heteroatoms. The predicted molar refractivity (Wildman–Crippen MR) is 76.5 cm³/mol. The first-order valence-corrected chi connectivity index (χ1v) is 7.06. The number of aliphatic carboxylic acids is 1. The van der Waals surface area contributed by atoms with Gasteiger partial charge in [-0.15, -0.1) is 0 Å². The molecule has 3 nitrogen and oxygen atoms in total. The molecule has 1 aliphatic rings. The van der Waals surface area contributed by atoms with Gasteiger partial charge in [-0.1, -0.05) is 30.7 Å². The molecule has 0 bridgehead atoms. The van der Waals surface area contributed by atoms with Crippen LogP contribution in [0.4, 0.5) is 0 Å². The number of hydrogen-bond acceptors (Lipinski definition) is 2. The van der Waals surface area contributed by atoms with E-state index in [1.54, 1.807) is 0 Å². The van der Waals surface area contributed by atoms with Crippen molar-refractivity contribution in [1.82, 2.24) is 4.90 Å². The van der Waals surface area contributed by atoms with E-state index in [2.05, 4.69) is 11.8 Å². The Morgan fingerprint density at radius 1 is 1.42 bits per heavy atom. The van der Waals surface area contributed by atoms with Crippen molar-refractivity contribution in [2.45, 2.75) is 26.3 Å². The molecule has 19 heavy (non-hydrogen) atoms. The van der Waals surface area contributed by atoms with Crippen molar-refractivity contribution in [3.63, 3.8) is 0 Å². The van der Waals surface area contributed by atoms with Crippen molar-refractivity contribution in [2.75, 3.05) is 13.1 Å². The lowest BCUT2D eigenvalue weighted by atomic mass is 9.99. The van der Waals surface area contributed by atoms with Gasteiger partial charge >= 0.3 is 5.97 Å². The molecule has 1 heterocycles. The van der Waals surface area contributed by atoms with Crippen molar-refractivity contribution < 1.29 is 9.90 Å². The van der Waals surface area contributed by atoms with Gasteiger partial charge < -0.3 is 5.11 Å². The fraction of sp³-hybridized carbons (Fsp3) is 0.533. The number of hydrogen-bond donors (Lipinski definition) is 1. The zero-order valence-electron chi connectivity index (χ0n) is 11.3. The molecular formula is C15H20ClNO2. The monoisotopic (exact) mass is 281 g/mol. The third-order valence-corrected chi connectivity index (χ3v) is 4.28. The lowest BCUT2D eigenvalue weighted by Gasteiger charge is -2.24. The summed E-state index contributed by atoms with van der Waals surface area (Å²) in [6, 6.07) is 8.22. The Bertz CT molecular complexity index is 446. The minimum atomic E-state index is -0.673. The highest BCUT2D eigenvalue weighted by Gasteiger charge is 2.36. The van der Waals surface area contributed by atoms with Gasteiger partial charge in [-0.25, -0.2) is 0 Å². The minimum absolute atomic E-state index is 0.227. The van der Waals surface area contributed by atoms with Crippen molar-refractivity contribution >= 4 is 17.6 Å². The van der Waals surface area contributed by atoms with E-state index < -0.39 is 5.97 Å². The van der Waals surface area contributed by atoms with Crippen LogP contribution in [-0.4, -0.2) is 35.1 Å². The van der Waals surface area contributed by atoms with Gasteiger partial charge in [0.1, 0.15) is 0 Å². The number of carbonyl (C=O) groups is 1. The molecule has 0 saturated carbocycles. The van der Waals surface area contributed by atoms with Gasteiger partial charge in [-0.05, 0) is 37.0 Å². The number of benzene rings is 1. The maximum Gasteiger partial charge on any atom is 0.308 e. The molecule has 1 fully saturated rings. The molecule has 0 spiro atoms. The second-order valence-electron chi connectivity index (χ2n) is 5.56. The second-order valence-corrected chi connectivity index (χ2v) is 5.99. The average Bonchev–Trinajstić information content (AvgIpc) is 2.74. The molecule has 1 aromatic rings. The maximum atomic E-state index is 11.1. The Morgan fingerprint density at radius 2 is 2.05 bits per heavy atom. The highest BCUT2D eigenvalue weighted by Crippen LogP contribution is 2.26. The van der Waals surface area contributed by atoms with E-state index in [-0.39, 0.29) is 11.8 Å². The first-order valence-electron chi connectivity index (χ1n) is 6.68. The smallest absolute Gasteiger partial charge is 0.308 e. The summed E-state index contributed by atoms with van der Waals surface area (Å²) in [6.07, 6.45) is 0.927. The van der Waals surface area contributed by atoms with Gasteiger partial charge in [0.25, 0.3) is 0 Å². The van der Waals surface area contributed by atoms with Crippen LogP contribution >= 0.6 is 11.6 Å². The van der Waals surface area contributed by atoms with E-state index in [0.717, 1.165) is 18.0 Å². The van der Waals surface area contributed by atoms with E-state index >= 15 is 0 Å². The summed E-state index contributed by atoms with van der Waals surface area (Å²) >= 11 is 5.87. The summed E-state index contributed by atoms with van der Waals surface area (Å²) < 4.78 is 0. The molecular weight excluding hydrogens is 262 g/mol. The van der Waals surface area contributed by atoms with Crippen molar-refractivity contribution in [2.24, 2.45) is 11.8 Å². The molecule has 1 unspecified atom stereocenters. The van der Waals surface area contributed by atoms with Crippen LogP contribution in [0.25, 0.3) is 0 Å². The number of carboxylic acid groups (broad SMARTS) is 1.